The summed E-state index contributed by atoms with van der Waals surface area (Å²) in [5.41, 5.74) is 1.18. The Bertz CT molecular complexity index is 342. The molecular formula is C11H12BrNO2. The summed E-state index contributed by atoms with van der Waals surface area (Å²) in [6, 6.07) is 10.0. The summed E-state index contributed by atoms with van der Waals surface area (Å²) < 4.78 is 4.87. The molecule has 1 amide bonds. The highest BCUT2D eigenvalue weighted by molar-refractivity contribution is 9.09. The van der Waals surface area contributed by atoms with E-state index in [1.165, 1.54) is 5.56 Å². The first kappa shape index (κ1) is 10.5. The Morgan fingerprint density at radius 3 is 2.73 bits per heavy atom. The summed E-state index contributed by atoms with van der Waals surface area (Å²) in [6.07, 6.45) is -0.213. The highest BCUT2D eigenvalue weighted by atomic mass is 79.9. The second-order valence-electron chi connectivity index (χ2n) is 3.44. The molecule has 1 fully saturated rings. The first-order chi connectivity index (χ1) is 7.27. The van der Waals surface area contributed by atoms with E-state index in [9.17, 15) is 4.79 Å². The van der Waals surface area contributed by atoms with Gasteiger partial charge >= 0.3 is 6.09 Å². The van der Waals surface area contributed by atoms with Crippen molar-refractivity contribution in [2.24, 2.45) is 0 Å². The van der Waals surface area contributed by atoms with Crippen molar-refractivity contribution in [3.8, 4) is 0 Å². The smallest absolute Gasteiger partial charge is 0.409 e. The number of halogens is 1. The van der Waals surface area contributed by atoms with Crippen molar-refractivity contribution in [2.75, 3.05) is 19.7 Å². The first-order valence-corrected chi connectivity index (χ1v) is 5.79. The highest BCUT2D eigenvalue weighted by Gasteiger charge is 2.24. The number of ether oxygens (including phenoxy) is 1. The van der Waals surface area contributed by atoms with Gasteiger partial charge in [-0.15, -0.1) is 0 Å². The lowest BCUT2D eigenvalue weighted by molar-refractivity contribution is 0.158. The van der Waals surface area contributed by atoms with Gasteiger partial charge in [-0.3, -0.25) is 0 Å². The van der Waals surface area contributed by atoms with E-state index < -0.39 is 0 Å². The van der Waals surface area contributed by atoms with Crippen LogP contribution in [0.25, 0.3) is 0 Å². The Morgan fingerprint density at radius 1 is 1.40 bits per heavy atom. The van der Waals surface area contributed by atoms with Gasteiger partial charge in [0.05, 0.1) is 11.4 Å². The molecule has 0 spiro atoms. The van der Waals surface area contributed by atoms with Gasteiger partial charge in [-0.05, 0) is 5.56 Å². The van der Waals surface area contributed by atoms with Gasteiger partial charge in [-0.25, -0.2) is 4.79 Å². The summed E-state index contributed by atoms with van der Waals surface area (Å²) in [5, 5.41) is 0. The van der Waals surface area contributed by atoms with Crippen LogP contribution in [-0.4, -0.2) is 30.7 Å². The van der Waals surface area contributed by atoms with Gasteiger partial charge in [0.1, 0.15) is 6.61 Å². The number of carbonyl (C=O) groups is 1. The zero-order chi connectivity index (χ0) is 10.7. The Balaban J connectivity index is 1.98. The minimum atomic E-state index is -0.213. The van der Waals surface area contributed by atoms with Crippen molar-refractivity contribution in [1.82, 2.24) is 4.90 Å². The van der Waals surface area contributed by atoms with Crippen LogP contribution >= 0.6 is 15.9 Å². The molecule has 0 radical (unpaired) electrons. The molecule has 4 heteroatoms. The van der Waals surface area contributed by atoms with Crippen molar-refractivity contribution >= 4 is 22.0 Å². The SMILES string of the molecule is O=C1OCCN1CC(Br)c1ccccc1. The molecule has 0 saturated carbocycles. The molecule has 2 rings (SSSR count). The summed E-state index contributed by atoms with van der Waals surface area (Å²) in [6.45, 7) is 1.85. The minimum Gasteiger partial charge on any atom is -0.448 e. The molecule has 0 bridgehead atoms. The molecule has 1 unspecified atom stereocenters. The fourth-order valence-electron chi connectivity index (χ4n) is 1.55. The van der Waals surface area contributed by atoms with E-state index in [1.807, 2.05) is 30.3 Å². The van der Waals surface area contributed by atoms with Crippen molar-refractivity contribution in [3.63, 3.8) is 0 Å². The normalized spacial score (nSPS) is 17.7. The molecular weight excluding hydrogens is 258 g/mol. The first-order valence-electron chi connectivity index (χ1n) is 4.88. The van der Waals surface area contributed by atoms with Gasteiger partial charge < -0.3 is 9.64 Å². The zero-order valence-corrected chi connectivity index (χ0v) is 9.81. The second-order valence-corrected chi connectivity index (χ2v) is 4.54. The number of hydrogen-bond acceptors (Lipinski definition) is 2. The molecule has 1 aliphatic heterocycles. The van der Waals surface area contributed by atoms with Gasteiger partial charge in [0.15, 0.2) is 0 Å². The van der Waals surface area contributed by atoms with Crippen LogP contribution < -0.4 is 0 Å². The quantitative estimate of drug-likeness (QED) is 0.790. The van der Waals surface area contributed by atoms with Crippen LogP contribution in [0.3, 0.4) is 0 Å². The minimum absolute atomic E-state index is 0.171. The Morgan fingerprint density at radius 2 is 2.13 bits per heavy atom. The van der Waals surface area contributed by atoms with Crippen LogP contribution in [-0.2, 0) is 4.74 Å². The van der Waals surface area contributed by atoms with E-state index >= 15 is 0 Å². The standard InChI is InChI=1S/C11H12BrNO2/c12-10(9-4-2-1-3-5-9)8-13-6-7-15-11(13)14/h1-5,10H,6-8H2. The number of hydrogen-bond donors (Lipinski definition) is 0. The van der Waals surface area contributed by atoms with Crippen molar-refractivity contribution in [2.45, 2.75) is 4.83 Å². The fourth-order valence-corrected chi connectivity index (χ4v) is 2.21. The maximum absolute atomic E-state index is 11.2. The number of amides is 1. The van der Waals surface area contributed by atoms with Crippen LogP contribution in [0.1, 0.15) is 10.4 Å². The number of alkyl halides is 1. The van der Waals surface area contributed by atoms with E-state index in [2.05, 4.69) is 15.9 Å². The predicted molar refractivity (Wildman–Crippen MR) is 61.0 cm³/mol. The molecule has 1 aliphatic rings. The molecule has 15 heavy (non-hydrogen) atoms. The number of rotatable bonds is 3. The third-order valence-corrected chi connectivity index (χ3v) is 3.21. The van der Waals surface area contributed by atoms with Crippen LogP contribution in [0.4, 0.5) is 4.79 Å². The number of benzene rings is 1. The van der Waals surface area contributed by atoms with Crippen molar-refractivity contribution in [1.29, 1.82) is 0 Å². The van der Waals surface area contributed by atoms with Crippen LogP contribution in [0.15, 0.2) is 30.3 Å². The van der Waals surface area contributed by atoms with E-state index in [0.29, 0.717) is 19.7 Å². The third kappa shape index (κ3) is 2.50. The fraction of sp³-hybridized carbons (Fsp3) is 0.364. The van der Waals surface area contributed by atoms with E-state index in [4.69, 9.17) is 4.74 Å². The van der Waals surface area contributed by atoms with Crippen LogP contribution in [0.2, 0.25) is 0 Å². The molecule has 3 nitrogen and oxygen atoms in total. The molecule has 0 N–H and O–H groups in total. The van der Waals surface area contributed by atoms with Crippen molar-refractivity contribution in [3.05, 3.63) is 35.9 Å². The van der Waals surface area contributed by atoms with Gasteiger partial charge in [-0.2, -0.15) is 0 Å². The summed E-state index contributed by atoms with van der Waals surface area (Å²) in [7, 11) is 0. The highest BCUT2D eigenvalue weighted by Crippen LogP contribution is 2.24. The molecule has 1 aromatic rings. The lowest BCUT2D eigenvalue weighted by atomic mass is 10.1. The van der Waals surface area contributed by atoms with Gasteiger partial charge in [0, 0.05) is 6.54 Å². The topological polar surface area (TPSA) is 29.5 Å². The predicted octanol–water partition coefficient (Wildman–Crippen LogP) is 2.57. The van der Waals surface area contributed by atoms with Gasteiger partial charge in [0.25, 0.3) is 0 Å². The summed E-state index contributed by atoms with van der Waals surface area (Å²) in [5.74, 6) is 0. The molecule has 1 atom stereocenters. The monoisotopic (exact) mass is 269 g/mol. The van der Waals surface area contributed by atoms with Crippen molar-refractivity contribution < 1.29 is 9.53 Å². The maximum Gasteiger partial charge on any atom is 0.409 e. The summed E-state index contributed by atoms with van der Waals surface area (Å²) in [4.78, 5) is 13.1. The Kier molecular flexibility index (Phi) is 3.26. The van der Waals surface area contributed by atoms with Crippen LogP contribution in [0, 0.1) is 0 Å². The molecule has 1 saturated heterocycles. The van der Waals surface area contributed by atoms with Gasteiger partial charge in [-0.1, -0.05) is 46.3 Å². The molecule has 0 aromatic heterocycles. The average Bonchev–Trinajstić information content (AvgIpc) is 2.66. The molecule has 80 valence electrons. The summed E-state index contributed by atoms with van der Waals surface area (Å²) >= 11 is 3.57. The Hall–Kier alpha value is -1.03. The average molecular weight is 270 g/mol. The molecule has 0 aliphatic carbocycles. The lowest BCUT2D eigenvalue weighted by Gasteiger charge is -2.17. The van der Waals surface area contributed by atoms with Gasteiger partial charge in [0.2, 0.25) is 0 Å². The zero-order valence-electron chi connectivity index (χ0n) is 8.23. The maximum atomic E-state index is 11.2. The third-order valence-electron chi connectivity index (χ3n) is 2.39. The van der Waals surface area contributed by atoms with Crippen LogP contribution in [0.5, 0.6) is 0 Å². The number of cyclic esters (lactones) is 1. The number of nitrogens with zero attached hydrogens (tertiary/aromatic N) is 1. The second kappa shape index (κ2) is 4.66. The van der Waals surface area contributed by atoms with E-state index in [1.54, 1.807) is 4.90 Å². The number of carbonyl (C=O) groups excluding carboxylic acids is 1. The lowest BCUT2D eigenvalue weighted by Crippen LogP contribution is -2.27. The largest absolute Gasteiger partial charge is 0.448 e. The molecule has 1 aromatic carbocycles. The molecule has 1 heterocycles. The Labute approximate surface area is 97.2 Å². The van der Waals surface area contributed by atoms with E-state index in [0.717, 1.165) is 0 Å². The van der Waals surface area contributed by atoms with E-state index in [-0.39, 0.29) is 10.9 Å².